The molecule has 2 aromatic carbocycles. The maximum absolute atomic E-state index is 14.7. The second-order valence-corrected chi connectivity index (χ2v) is 19.7. The minimum absolute atomic E-state index is 0.00526. The average molecular weight is 1140 g/mol. The molecule has 7 atom stereocenters. The fraction of sp³-hybridized carbons (Fsp3) is 0.529. The van der Waals surface area contributed by atoms with Gasteiger partial charge >= 0.3 is 6.03 Å². The number of carbonyl (C=O) groups excluding carboxylic acids is 9. The molecule has 81 heavy (non-hydrogen) atoms. The highest BCUT2D eigenvalue weighted by atomic mass is 16.3. The largest absolute Gasteiger partial charge is 0.508 e. The number of nitrogens with one attached hydrogen (secondary N) is 9. The van der Waals surface area contributed by atoms with E-state index in [1.807, 2.05) is 0 Å². The molecule has 0 saturated heterocycles. The Morgan fingerprint density at radius 3 is 1.86 bits per heavy atom. The molecule has 0 bridgehead atoms. The van der Waals surface area contributed by atoms with Crippen LogP contribution in [0, 0.1) is 5.92 Å². The number of rotatable bonds is 21. The zero-order valence-corrected chi connectivity index (χ0v) is 45.7. The summed E-state index contributed by atoms with van der Waals surface area (Å²) in [5, 5.41) is 43.4. The molecule has 0 unspecified atom stereocenters. The Kier molecular flexibility index (Phi) is 28.5. The van der Waals surface area contributed by atoms with Gasteiger partial charge in [0.2, 0.25) is 47.3 Å². The lowest BCUT2D eigenvalue weighted by atomic mass is 10.00. The van der Waals surface area contributed by atoms with Gasteiger partial charge in [0.25, 0.3) is 0 Å². The lowest BCUT2D eigenvalue weighted by Crippen LogP contribution is -2.60. The van der Waals surface area contributed by atoms with Crippen LogP contribution in [0.1, 0.15) is 89.2 Å². The lowest BCUT2D eigenvalue weighted by molar-refractivity contribution is -0.135. The minimum Gasteiger partial charge on any atom is -0.508 e. The Labute approximate surface area is 469 Å². The highest BCUT2D eigenvalue weighted by Gasteiger charge is 2.34. The van der Waals surface area contributed by atoms with Crippen LogP contribution < -0.4 is 88.0 Å². The Morgan fingerprint density at radius 2 is 1.26 bits per heavy atom. The quantitative estimate of drug-likeness (QED) is 0.0318. The van der Waals surface area contributed by atoms with Crippen LogP contribution >= 0.6 is 0 Å². The molecule has 10 amide bonds. The van der Waals surface area contributed by atoms with E-state index in [1.165, 1.54) is 36.4 Å². The molecule has 25 N–H and O–H groups in total. The zero-order chi connectivity index (χ0) is 60.0. The molecule has 1 heterocycles. The SMILES string of the molecule is CC(C)C[C@H](NC(=O)[C@@H]1CCCN=C(N)NC(=O)NCCCCNC(=O)[C@H](N)CC(=O)N[C@@H](CCCN=C(N)N)C(=O)N[C@@H](Cc2ccc(O)cc2)C(=O)N1)C(=O)N[C@@H](CCCN=C(N)N)C(=O)N[C@@H](Cc1ccc(O)cc1)C(N)=O. The third-order valence-electron chi connectivity index (χ3n) is 12.3. The van der Waals surface area contributed by atoms with E-state index in [0.29, 0.717) is 24.0 Å². The van der Waals surface area contributed by atoms with Crippen molar-refractivity contribution in [3.63, 3.8) is 0 Å². The van der Waals surface area contributed by atoms with Crippen molar-refractivity contribution >= 4 is 71.2 Å². The van der Waals surface area contributed by atoms with Gasteiger partial charge in [-0.05, 0) is 99.1 Å². The van der Waals surface area contributed by atoms with Crippen molar-refractivity contribution in [2.75, 3.05) is 32.7 Å². The van der Waals surface area contributed by atoms with E-state index in [2.05, 4.69) is 62.8 Å². The van der Waals surface area contributed by atoms with Crippen LogP contribution in [0.25, 0.3) is 0 Å². The van der Waals surface area contributed by atoms with Crippen LogP contribution in [0.3, 0.4) is 0 Å². The molecule has 1 aliphatic rings. The van der Waals surface area contributed by atoms with Crippen LogP contribution in [-0.2, 0) is 51.2 Å². The van der Waals surface area contributed by atoms with Gasteiger partial charge in [0, 0.05) is 45.6 Å². The summed E-state index contributed by atoms with van der Waals surface area (Å²) in [4.78, 5) is 135. The van der Waals surface area contributed by atoms with Gasteiger partial charge in [0.05, 0.1) is 12.5 Å². The first-order chi connectivity index (χ1) is 38.4. The predicted octanol–water partition coefficient (Wildman–Crippen LogP) is -4.55. The number of benzene rings is 2. The van der Waals surface area contributed by atoms with Crippen molar-refractivity contribution in [1.29, 1.82) is 0 Å². The van der Waals surface area contributed by atoms with Gasteiger partial charge in [-0.1, -0.05) is 38.1 Å². The number of hydrogen-bond acceptors (Lipinski definition) is 16. The van der Waals surface area contributed by atoms with E-state index < -0.39 is 102 Å². The molecular formula is C51H81N19O11. The topological polar surface area (TPSA) is 522 Å². The highest BCUT2D eigenvalue weighted by Crippen LogP contribution is 2.15. The number of phenols is 2. The number of urea groups is 1. The van der Waals surface area contributed by atoms with Crippen LogP contribution in [0.15, 0.2) is 63.5 Å². The summed E-state index contributed by atoms with van der Waals surface area (Å²) in [6.07, 6.45) is 0.105. The summed E-state index contributed by atoms with van der Waals surface area (Å²) in [5.74, 6) is -7.69. The molecule has 0 spiro atoms. The maximum Gasteiger partial charge on any atom is 0.321 e. The third-order valence-corrected chi connectivity index (χ3v) is 12.3. The van der Waals surface area contributed by atoms with Gasteiger partial charge in [-0.2, -0.15) is 0 Å². The number of phenolic OH excluding ortho intramolecular Hbond substituents is 2. The highest BCUT2D eigenvalue weighted by molar-refractivity contribution is 5.98. The van der Waals surface area contributed by atoms with E-state index in [4.69, 9.17) is 40.1 Å². The fourth-order valence-electron chi connectivity index (χ4n) is 8.08. The number of primary amides is 1. The fourth-order valence-corrected chi connectivity index (χ4v) is 8.08. The molecular weight excluding hydrogens is 1050 g/mol. The number of amides is 10. The lowest BCUT2D eigenvalue weighted by Gasteiger charge is -2.28. The molecule has 1 aliphatic heterocycles. The van der Waals surface area contributed by atoms with Crippen molar-refractivity contribution < 1.29 is 53.4 Å². The van der Waals surface area contributed by atoms with Crippen LogP contribution in [-0.4, -0.2) is 156 Å². The van der Waals surface area contributed by atoms with Gasteiger partial charge in [0.1, 0.15) is 47.8 Å². The van der Waals surface area contributed by atoms with E-state index >= 15 is 0 Å². The molecule has 446 valence electrons. The van der Waals surface area contributed by atoms with Crippen molar-refractivity contribution in [1.82, 2.24) is 47.9 Å². The number of nitrogens with zero attached hydrogens (tertiary/aromatic N) is 3. The Hall–Kier alpha value is -8.96. The monoisotopic (exact) mass is 1140 g/mol. The van der Waals surface area contributed by atoms with Crippen molar-refractivity contribution in [2.45, 2.75) is 133 Å². The summed E-state index contributed by atoms with van der Waals surface area (Å²) in [6, 6.07) is 1.33. The maximum atomic E-state index is 14.7. The molecule has 0 saturated carbocycles. The molecule has 3 rings (SSSR count). The number of guanidine groups is 3. The number of carbonyl (C=O) groups is 9. The summed E-state index contributed by atoms with van der Waals surface area (Å²) in [6.45, 7) is 3.91. The van der Waals surface area contributed by atoms with Crippen molar-refractivity contribution in [3.05, 3.63) is 59.7 Å². The number of aliphatic imine (C=N–C) groups is 3. The molecule has 30 heteroatoms. The first-order valence-corrected chi connectivity index (χ1v) is 26.6. The van der Waals surface area contributed by atoms with E-state index in [1.54, 1.807) is 26.0 Å². The van der Waals surface area contributed by atoms with Gasteiger partial charge in [-0.25, -0.2) is 4.79 Å². The van der Waals surface area contributed by atoms with Crippen LogP contribution in [0.2, 0.25) is 0 Å². The van der Waals surface area contributed by atoms with Crippen LogP contribution in [0.4, 0.5) is 4.79 Å². The normalized spacial score (nSPS) is 19.5. The molecule has 2 aromatic rings. The Balaban J connectivity index is 2.06. The van der Waals surface area contributed by atoms with Crippen molar-refractivity contribution in [2.24, 2.45) is 61.0 Å². The number of aromatic hydroxyl groups is 2. The smallest absolute Gasteiger partial charge is 0.321 e. The number of hydrogen-bond donors (Lipinski definition) is 18. The summed E-state index contributed by atoms with van der Waals surface area (Å²) in [7, 11) is 0. The molecule has 30 nitrogen and oxygen atoms in total. The zero-order valence-electron chi connectivity index (χ0n) is 45.7. The van der Waals surface area contributed by atoms with Gasteiger partial charge in [-0.15, -0.1) is 0 Å². The van der Waals surface area contributed by atoms with Gasteiger partial charge in [0.15, 0.2) is 17.9 Å². The first-order valence-electron chi connectivity index (χ1n) is 26.6. The first kappa shape index (κ1) is 66.3. The molecule has 0 aromatic heterocycles. The third kappa shape index (κ3) is 26.5. The Bertz CT molecular complexity index is 2520. The standard InChI is InChI=1S/C51H81N19O11/c1-28(2)24-38(46(79)65-35(9-6-22-61-49(56)57)44(77)67-37(41(53)74)25-29-11-15-31(71)16-12-29)68-45(78)36-10-7-23-62-50(58)70-51(81)63-20-4-3-19-59-42(75)33(52)27-40(73)64-34(8-5-21-60-48(54)55)43(76)69-39(47(80)66-36)26-30-13-17-32(72)18-14-30/h11-18,28,33-39,71-72H,3-10,19-27,52H2,1-2H3,(H2,53,74)(H,59,75)(H,64,73)(H,65,79)(H,66,80)(H,67,77)(H,68,78)(H,69,76)(H4,54,55,60)(H4,56,57,61)(H4,58,62,63,70,81)/t33-,34+,35+,36+,37+,38+,39+/m1/s1. The summed E-state index contributed by atoms with van der Waals surface area (Å²) in [5.41, 5.74) is 40.8. The summed E-state index contributed by atoms with van der Waals surface area (Å²) < 4.78 is 0. The van der Waals surface area contributed by atoms with E-state index in [9.17, 15) is 53.4 Å². The molecule has 0 fully saturated rings. The van der Waals surface area contributed by atoms with Crippen LogP contribution in [0.5, 0.6) is 11.5 Å². The van der Waals surface area contributed by atoms with Crippen molar-refractivity contribution in [3.8, 4) is 11.5 Å². The predicted molar refractivity (Wildman–Crippen MR) is 301 cm³/mol. The molecule has 0 radical (unpaired) electrons. The second kappa shape index (κ2) is 34.8. The molecule has 0 aliphatic carbocycles. The van der Waals surface area contributed by atoms with Gasteiger partial charge in [-0.3, -0.25) is 58.7 Å². The summed E-state index contributed by atoms with van der Waals surface area (Å²) >= 11 is 0. The minimum atomic E-state index is -1.49. The average Bonchev–Trinajstić information content (AvgIpc) is 3.39. The Morgan fingerprint density at radius 1 is 0.691 bits per heavy atom. The van der Waals surface area contributed by atoms with E-state index in [0.717, 1.165) is 0 Å². The number of nitrogens with two attached hydrogens (primary N) is 7. The van der Waals surface area contributed by atoms with Gasteiger partial charge < -0.3 is 92.9 Å². The second-order valence-electron chi connectivity index (χ2n) is 19.7. The van der Waals surface area contributed by atoms with E-state index in [-0.39, 0.29) is 126 Å².